The first-order chi connectivity index (χ1) is 14.3. The summed E-state index contributed by atoms with van der Waals surface area (Å²) in [7, 11) is 0. The molecule has 5 unspecified atom stereocenters. The number of nitriles is 1. The van der Waals surface area contributed by atoms with Gasteiger partial charge in [0.25, 0.3) is 0 Å². The van der Waals surface area contributed by atoms with E-state index in [2.05, 4.69) is 30.5 Å². The van der Waals surface area contributed by atoms with Crippen molar-refractivity contribution < 1.29 is 9.59 Å². The number of carbonyl (C=O) groups excluding carboxylic acids is 2. The summed E-state index contributed by atoms with van der Waals surface area (Å²) in [6.07, 6.45) is 1.47. The molecule has 0 spiro atoms. The molecule has 7 nitrogen and oxygen atoms in total. The fraction of sp³-hybridized carbons (Fsp3) is 0.591. The molecular formula is C22H29N5O2S. The van der Waals surface area contributed by atoms with Crippen LogP contribution in [0.25, 0.3) is 0 Å². The minimum Gasteiger partial charge on any atom is -0.330 e. The molecule has 3 aliphatic rings. The van der Waals surface area contributed by atoms with Crippen LogP contribution in [-0.4, -0.2) is 70.3 Å². The molecule has 2 bridgehead atoms. The van der Waals surface area contributed by atoms with Crippen LogP contribution in [0.3, 0.4) is 0 Å². The lowest BCUT2D eigenvalue weighted by molar-refractivity contribution is -0.141. The second-order valence-corrected chi connectivity index (χ2v) is 9.47. The lowest BCUT2D eigenvalue weighted by Gasteiger charge is -2.38. The number of piperazine rings is 1. The Balaban J connectivity index is 1.39. The third-order valence-corrected chi connectivity index (χ3v) is 7.10. The molecule has 3 heterocycles. The van der Waals surface area contributed by atoms with E-state index in [-0.39, 0.29) is 29.9 Å². The summed E-state index contributed by atoms with van der Waals surface area (Å²) in [5.41, 5.74) is 7.34. The highest BCUT2D eigenvalue weighted by molar-refractivity contribution is 7.80. The van der Waals surface area contributed by atoms with Crippen molar-refractivity contribution >= 4 is 24.4 Å². The Morgan fingerprint density at radius 3 is 2.63 bits per heavy atom. The van der Waals surface area contributed by atoms with E-state index in [0.717, 1.165) is 23.4 Å². The van der Waals surface area contributed by atoms with Crippen LogP contribution in [0.4, 0.5) is 0 Å². The molecule has 160 valence electrons. The lowest BCUT2D eigenvalue weighted by Crippen LogP contribution is -2.56. The highest BCUT2D eigenvalue weighted by atomic mass is 32.1. The van der Waals surface area contributed by atoms with E-state index >= 15 is 0 Å². The number of hydrogen-bond donors (Lipinski definition) is 2. The van der Waals surface area contributed by atoms with Crippen LogP contribution >= 0.6 is 12.6 Å². The van der Waals surface area contributed by atoms with Gasteiger partial charge in [0.15, 0.2) is 0 Å². The van der Waals surface area contributed by atoms with Crippen LogP contribution in [0.2, 0.25) is 0 Å². The smallest absolute Gasteiger partial charge is 0.241 e. The number of amides is 2. The van der Waals surface area contributed by atoms with Gasteiger partial charge in [0.05, 0.1) is 24.2 Å². The Morgan fingerprint density at radius 1 is 1.30 bits per heavy atom. The van der Waals surface area contributed by atoms with Gasteiger partial charge < -0.3 is 15.5 Å². The lowest BCUT2D eigenvalue weighted by atomic mass is 10.1. The van der Waals surface area contributed by atoms with Crippen molar-refractivity contribution in [1.82, 2.24) is 14.7 Å². The molecule has 0 aliphatic carbocycles. The molecule has 4 rings (SSSR count). The van der Waals surface area contributed by atoms with E-state index in [9.17, 15) is 14.9 Å². The molecule has 6 atom stereocenters. The molecular weight excluding hydrogens is 398 g/mol. The fourth-order valence-electron chi connectivity index (χ4n) is 5.27. The fourth-order valence-corrected chi connectivity index (χ4v) is 5.42. The number of hydrogen-bond acceptors (Lipinski definition) is 6. The van der Waals surface area contributed by atoms with E-state index in [1.807, 2.05) is 36.1 Å². The average molecular weight is 428 g/mol. The van der Waals surface area contributed by atoms with E-state index in [0.29, 0.717) is 25.4 Å². The molecule has 1 aromatic rings. The second kappa shape index (κ2) is 8.22. The van der Waals surface area contributed by atoms with Crippen molar-refractivity contribution in [2.75, 3.05) is 19.6 Å². The Hall–Kier alpha value is -2.08. The number of carbonyl (C=O) groups is 2. The Kier molecular flexibility index (Phi) is 5.80. The van der Waals surface area contributed by atoms with E-state index in [1.165, 1.54) is 0 Å². The van der Waals surface area contributed by atoms with Crippen LogP contribution in [0.5, 0.6) is 0 Å². The maximum Gasteiger partial charge on any atom is 0.241 e. The molecule has 3 aliphatic heterocycles. The van der Waals surface area contributed by atoms with E-state index in [4.69, 9.17) is 5.73 Å². The van der Waals surface area contributed by atoms with Gasteiger partial charge in [0.1, 0.15) is 6.04 Å². The zero-order chi connectivity index (χ0) is 21.6. The predicted molar refractivity (Wildman–Crippen MR) is 116 cm³/mol. The van der Waals surface area contributed by atoms with Gasteiger partial charge in [0, 0.05) is 30.6 Å². The number of benzene rings is 1. The molecule has 3 fully saturated rings. The van der Waals surface area contributed by atoms with Crippen molar-refractivity contribution in [2.45, 2.75) is 61.8 Å². The first-order valence-corrected chi connectivity index (χ1v) is 11.1. The van der Waals surface area contributed by atoms with Crippen LogP contribution in [-0.2, 0) is 9.59 Å². The molecule has 3 saturated heterocycles. The SMILES string of the molecule is CC1CC(C#N)N(C(=O)C(N)CN2C[C@@H]3CC2C(=O)N3C(C)c2ccc(S)cc2)C1. The topological polar surface area (TPSA) is 93.7 Å². The molecule has 0 saturated carbocycles. The molecule has 0 aromatic heterocycles. The molecule has 0 radical (unpaired) electrons. The van der Waals surface area contributed by atoms with E-state index < -0.39 is 12.1 Å². The minimum atomic E-state index is -0.716. The first-order valence-electron chi connectivity index (χ1n) is 10.6. The predicted octanol–water partition coefficient (Wildman–Crippen LogP) is 1.41. The van der Waals surface area contributed by atoms with Crippen LogP contribution < -0.4 is 5.73 Å². The zero-order valence-electron chi connectivity index (χ0n) is 17.4. The number of nitrogens with two attached hydrogens (primary N) is 1. The quantitative estimate of drug-likeness (QED) is 0.693. The number of fused-ring (bicyclic) bond motifs is 2. The van der Waals surface area contributed by atoms with Crippen molar-refractivity contribution in [3.8, 4) is 6.07 Å². The summed E-state index contributed by atoms with van der Waals surface area (Å²) in [6, 6.07) is 8.94. The largest absolute Gasteiger partial charge is 0.330 e. The zero-order valence-corrected chi connectivity index (χ0v) is 18.3. The number of thiol groups is 1. The summed E-state index contributed by atoms with van der Waals surface area (Å²) >= 11 is 4.33. The number of likely N-dealkylation sites (tertiary alicyclic amines) is 3. The summed E-state index contributed by atoms with van der Waals surface area (Å²) in [5.74, 6) is 0.234. The van der Waals surface area contributed by atoms with Crippen molar-refractivity contribution in [3.05, 3.63) is 29.8 Å². The van der Waals surface area contributed by atoms with Gasteiger partial charge in [-0.2, -0.15) is 5.26 Å². The van der Waals surface area contributed by atoms with Crippen molar-refractivity contribution in [1.29, 1.82) is 5.26 Å². The Labute approximate surface area is 183 Å². The molecule has 1 aromatic carbocycles. The van der Waals surface area contributed by atoms with Gasteiger partial charge in [-0.3, -0.25) is 14.5 Å². The summed E-state index contributed by atoms with van der Waals surface area (Å²) in [6.45, 7) is 5.75. The van der Waals surface area contributed by atoms with Crippen LogP contribution in [0.15, 0.2) is 29.2 Å². The van der Waals surface area contributed by atoms with Gasteiger partial charge in [0.2, 0.25) is 11.8 Å². The summed E-state index contributed by atoms with van der Waals surface area (Å²) < 4.78 is 0. The monoisotopic (exact) mass is 427 g/mol. The van der Waals surface area contributed by atoms with Gasteiger partial charge in [-0.25, -0.2) is 0 Å². The Morgan fingerprint density at radius 2 is 2.00 bits per heavy atom. The number of nitrogens with zero attached hydrogens (tertiary/aromatic N) is 4. The van der Waals surface area contributed by atoms with Crippen molar-refractivity contribution in [2.24, 2.45) is 11.7 Å². The third-order valence-electron chi connectivity index (χ3n) is 6.80. The second-order valence-electron chi connectivity index (χ2n) is 8.96. The van der Waals surface area contributed by atoms with Crippen molar-refractivity contribution in [3.63, 3.8) is 0 Å². The molecule has 2 amide bonds. The third kappa shape index (κ3) is 3.70. The summed E-state index contributed by atoms with van der Waals surface area (Å²) in [4.78, 5) is 32.5. The first kappa shape index (κ1) is 21.2. The molecule has 8 heteroatoms. The maximum atomic E-state index is 13.1. The standard InChI is InChI=1S/C22H29N5O2S/c1-13-7-16(9-23)26(10-13)21(28)19(24)12-25-11-17-8-20(25)22(29)27(17)14(2)15-3-5-18(30)6-4-15/h3-6,13-14,16-17,19-20,30H,7-8,10-12,24H2,1-2H3/t13?,14?,16?,17-,19?,20?/m0/s1. The normalized spacial score (nSPS) is 30.6. The Bertz CT molecular complexity index is 869. The van der Waals surface area contributed by atoms with Crippen LogP contribution in [0, 0.1) is 17.2 Å². The van der Waals surface area contributed by atoms with Gasteiger partial charge in [-0.05, 0) is 43.4 Å². The highest BCUT2D eigenvalue weighted by Gasteiger charge is 2.51. The maximum absolute atomic E-state index is 13.1. The van der Waals surface area contributed by atoms with E-state index in [1.54, 1.807) is 4.90 Å². The van der Waals surface area contributed by atoms with Crippen LogP contribution in [0.1, 0.15) is 38.3 Å². The molecule has 30 heavy (non-hydrogen) atoms. The van der Waals surface area contributed by atoms with Gasteiger partial charge in [-0.1, -0.05) is 19.1 Å². The highest BCUT2D eigenvalue weighted by Crippen LogP contribution is 2.38. The number of rotatable bonds is 5. The molecule has 2 N–H and O–H groups in total. The minimum absolute atomic E-state index is 0.00126. The summed E-state index contributed by atoms with van der Waals surface area (Å²) in [5, 5.41) is 9.33. The average Bonchev–Trinajstić information content (AvgIpc) is 3.39. The van der Waals surface area contributed by atoms with Gasteiger partial charge in [-0.15, -0.1) is 12.6 Å². The van der Waals surface area contributed by atoms with Gasteiger partial charge >= 0.3 is 0 Å².